The van der Waals surface area contributed by atoms with Gasteiger partial charge in [0.2, 0.25) is 0 Å². The third-order valence-corrected chi connectivity index (χ3v) is 3.01. The molecular formula is C10H7ClN2OS. The van der Waals surface area contributed by atoms with Gasteiger partial charge in [-0.15, -0.1) is 0 Å². The van der Waals surface area contributed by atoms with Crippen LogP contribution in [0.4, 0.5) is 4.79 Å². The van der Waals surface area contributed by atoms with E-state index in [1.807, 2.05) is 18.2 Å². The van der Waals surface area contributed by atoms with E-state index in [1.165, 1.54) is 0 Å². The molecule has 1 heterocycles. The molecule has 0 aliphatic carbocycles. The van der Waals surface area contributed by atoms with E-state index >= 15 is 0 Å². The third-order valence-electron chi connectivity index (χ3n) is 1.85. The lowest BCUT2D eigenvalue weighted by Gasteiger charge is -1.99. The van der Waals surface area contributed by atoms with Crippen molar-refractivity contribution in [3.05, 3.63) is 39.8 Å². The second-order valence-corrected chi connectivity index (χ2v) is 4.30. The van der Waals surface area contributed by atoms with Crippen molar-refractivity contribution in [1.29, 1.82) is 0 Å². The van der Waals surface area contributed by atoms with Crippen LogP contribution in [-0.2, 0) is 0 Å². The molecule has 3 nitrogen and oxygen atoms in total. The second-order valence-electron chi connectivity index (χ2n) is 2.90. The van der Waals surface area contributed by atoms with E-state index in [0.29, 0.717) is 9.93 Å². The number of hydrogen-bond donors (Lipinski definition) is 1. The maximum absolute atomic E-state index is 11.0. The highest BCUT2D eigenvalue weighted by atomic mass is 35.5. The zero-order valence-electron chi connectivity index (χ0n) is 7.61. The molecule has 76 valence electrons. The summed E-state index contributed by atoms with van der Waals surface area (Å²) in [5.41, 5.74) is 6.39. The Morgan fingerprint density at radius 1 is 1.40 bits per heavy atom. The van der Waals surface area contributed by atoms with E-state index in [-0.39, 0.29) is 11.1 Å². The number of thioether (sulfide) groups is 1. The molecule has 0 atom stereocenters. The average Bonchev–Trinajstić information content (AvgIpc) is 2.49. The number of benzene rings is 1. The highest BCUT2D eigenvalue weighted by Crippen LogP contribution is 2.29. The molecular weight excluding hydrogens is 232 g/mol. The minimum Gasteiger partial charge on any atom is -0.383 e. The van der Waals surface area contributed by atoms with Gasteiger partial charge in [-0.3, -0.25) is 4.79 Å². The molecule has 1 aromatic rings. The van der Waals surface area contributed by atoms with Gasteiger partial charge in [0.1, 0.15) is 5.84 Å². The summed E-state index contributed by atoms with van der Waals surface area (Å²) in [4.78, 5) is 15.2. The van der Waals surface area contributed by atoms with Gasteiger partial charge in [0, 0.05) is 5.02 Å². The number of nitrogens with zero attached hydrogens (tertiary/aromatic N) is 1. The Morgan fingerprint density at radius 2 is 2.13 bits per heavy atom. The number of aliphatic imine (C=N–C) groups is 1. The highest BCUT2D eigenvalue weighted by Gasteiger charge is 2.18. The topological polar surface area (TPSA) is 55.4 Å². The zero-order valence-corrected chi connectivity index (χ0v) is 9.18. The van der Waals surface area contributed by atoms with Crippen molar-refractivity contribution in [3.8, 4) is 0 Å². The Labute approximate surface area is 96.0 Å². The minimum atomic E-state index is -0.286. The second kappa shape index (κ2) is 4.08. The smallest absolute Gasteiger partial charge is 0.311 e. The average molecular weight is 239 g/mol. The predicted molar refractivity (Wildman–Crippen MR) is 64.0 cm³/mol. The van der Waals surface area contributed by atoms with Gasteiger partial charge in [0.05, 0.1) is 4.91 Å². The fraction of sp³-hybridized carbons (Fsp3) is 0. The summed E-state index contributed by atoms with van der Waals surface area (Å²) in [5, 5.41) is 0.337. The van der Waals surface area contributed by atoms with Crippen molar-refractivity contribution in [1.82, 2.24) is 0 Å². The monoisotopic (exact) mass is 238 g/mol. The van der Waals surface area contributed by atoms with Crippen LogP contribution in [0.5, 0.6) is 0 Å². The number of hydrogen-bond acceptors (Lipinski definition) is 3. The van der Waals surface area contributed by atoms with E-state index in [0.717, 1.165) is 17.3 Å². The zero-order chi connectivity index (χ0) is 10.8. The van der Waals surface area contributed by atoms with Crippen LogP contribution in [0, 0.1) is 0 Å². The van der Waals surface area contributed by atoms with Crippen LogP contribution in [0.1, 0.15) is 5.56 Å². The van der Waals surface area contributed by atoms with E-state index in [1.54, 1.807) is 12.1 Å². The first-order chi connectivity index (χ1) is 7.16. The van der Waals surface area contributed by atoms with Crippen molar-refractivity contribution in [2.24, 2.45) is 10.7 Å². The predicted octanol–water partition coefficient (Wildman–Crippen LogP) is 2.90. The largest absolute Gasteiger partial charge is 0.383 e. The number of halogens is 1. The minimum absolute atomic E-state index is 0.255. The Balaban J connectivity index is 2.37. The van der Waals surface area contributed by atoms with Crippen molar-refractivity contribution in [2.75, 3.05) is 0 Å². The Hall–Kier alpha value is -1.26. The van der Waals surface area contributed by atoms with Crippen LogP contribution in [-0.4, -0.2) is 11.1 Å². The van der Waals surface area contributed by atoms with Crippen LogP contribution < -0.4 is 5.73 Å². The number of amidine groups is 1. The lowest BCUT2D eigenvalue weighted by atomic mass is 10.2. The van der Waals surface area contributed by atoms with Gasteiger partial charge < -0.3 is 5.73 Å². The molecule has 0 unspecified atom stereocenters. The van der Waals surface area contributed by atoms with Crippen LogP contribution in [0.3, 0.4) is 0 Å². The van der Waals surface area contributed by atoms with Gasteiger partial charge in [0.15, 0.2) is 0 Å². The van der Waals surface area contributed by atoms with Gasteiger partial charge in [-0.05, 0) is 29.5 Å². The molecule has 1 amide bonds. The summed E-state index contributed by atoms with van der Waals surface area (Å²) in [6.07, 6.45) is 1.76. The lowest BCUT2D eigenvalue weighted by Crippen LogP contribution is -2.08. The molecule has 0 saturated carbocycles. The summed E-state index contributed by atoms with van der Waals surface area (Å²) in [5.74, 6) is 0.255. The molecule has 1 aliphatic heterocycles. The summed E-state index contributed by atoms with van der Waals surface area (Å²) >= 11 is 6.98. The van der Waals surface area contributed by atoms with Gasteiger partial charge in [0.25, 0.3) is 0 Å². The van der Waals surface area contributed by atoms with E-state index < -0.39 is 0 Å². The quantitative estimate of drug-likeness (QED) is 0.819. The summed E-state index contributed by atoms with van der Waals surface area (Å²) in [6, 6.07) is 7.34. The van der Waals surface area contributed by atoms with Crippen molar-refractivity contribution in [3.63, 3.8) is 0 Å². The molecule has 1 aromatic carbocycles. The summed E-state index contributed by atoms with van der Waals surface area (Å²) in [6.45, 7) is 0. The number of nitrogens with two attached hydrogens (primary N) is 1. The normalized spacial score (nSPS) is 18.3. The first-order valence-corrected chi connectivity index (χ1v) is 5.39. The van der Waals surface area contributed by atoms with Crippen molar-refractivity contribution < 1.29 is 4.79 Å². The molecule has 5 heteroatoms. The number of carbonyl (C=O) groups is 1. The molecule has 0 spiro atoms. The molecule has 0 saturated heterocycles. The van der Waals surface area contributed by atoms with Gasteiger partial charge in [-0.2, -0.15) is 4.99 Å². The fourth-order valence-electron chi connectivity index (χ4n) is 1.16. The number of carbonyl (C=O) groups excluding carboxylic acids is 1. The summed E-state index contributed by atoms with van der Waals surface area (Å²) < 4.78 is 0. The maximum Gasteiger partial charge on any atom is 0.311 e. The Kier molecular flexibility index (Phi) is 2.79. The molecule has 0 fully saturated rings. The van der Waals surface area contributed by atoms with Crippen LogP contribution >= 0.6 is 23.4 Å². The fourth-order valence-corrected chi connectivity index (χ4v) is 2.02. The Bertz CT molecular complexity index is 482. The number of amides is 1. The van der Waals surface area contributed by atoms with Crippen LogP contribution in [0.25, 0.3) is 6.08 Å². The van der Waals surface area contributed by atoms with Crippen LogP contribution in [0.15, 0.2) is 34.2 Å². The highest BCUT2D eigenvalue weighted by molar-refractivity contribution is 8.18. The van der Waals surface area contributed by atoms with Gasteiger partial charge >= 0.3 is 5.24 Å². The van der Waals surface area contributed by atoms with Crippen molar-refractivity contribution in [2.45, 2.75) is 0 Å². The van der Waals surface area contributed by atoms with E-state index in [9.17, 15) is 4.79 Å². The molecule has 0 radical (unpaired) electrons. The molecule has 2 rings (SSSR count). The standard InChI is InChI=1S/C10H7ClN2OS/c11-7-4-2-1-3-6(7)5-8-9(12)13-10(14)15-8/h1-5H,(H2,12,13,14)/b8-5-. The first-order valence-electron chi connectivity index (χ1n) is 4.19. The Morgan fingerprint density at radius 3 is 2.73 bits per heavy atom. The third kappa shape index (κ3) is 2.22. The van der Waals surface area contributed by atoms with E-state index in [4.69, 9.17) is 17.3 Å². The molecule has 0 aromatic heterocycles. The molecule has 0 bridgehead atoms. The van der Waals surface area contributed by atoms with Gasteiger partial charge in [-0.25, -0.2) is 0 Å². The molecule has 15 heavy (non-hydrogen) atoms. The first kappa shape index (κ1) is 10.3. The SMILES string of the molecule is NC1=NC(=O)S/C1=C\c1ccccc1Cl. The van der Waals surface area contributed by atoms with E-state index in [2.05, 4.69) is 4.99 Å². The summed E-state index contributed by atoms with van der Waals surface area (Å²) in [7, 11) is 0. The van der Waals surface area contributed by atoms with Crippen molar-refractivity contribution >= 4 is 40.5 Å². The van der Waals surface area contributed by atoms with Crippen LogP contribution in [0.2, 0.25) is 5.02 Å². The maximum atomic E-state index is 11.0. The molecule has 2 N–H and O–H groups in total. The van der Waals surface area contributed by atoms with Gasteiger partial charge in [-0.1, -0.05) is 29.8 Å². The molecule has 1 aliphatic rings. The lowest BCUT2D eigenvalue weighted by molar-refractivity contribution is 0.268. The number of rotatable bonds is 1.